The van der Waals surface area contributed by atoms with Crippen LogP contribution in [0.3, 0.4) is 0 Å². The second kappa shape index (κ2) is 5.94. The van der Waals surface area contributed by atoms with Gasteiger partial charge in [-0.15, -0.1) is 11.3 Å². The SMILES string of the molecule is COc1ccc2c(c1)-c1nc(CCCCN)sc1CC2. The van der Waals surface area contributed by atoms with Gasteiger partial charge in [0.05, 0.1) is 17.8 Å². The topological polar surface area (TPSA) is 48.1 Å². The Morgan fingerprint density at radius 3 is 3.00 bits per heavy atom. The first-order valence-electron chi connectivity index (χ1n) is 7.17. The van der Waals surface area contributed by atoms with Gasteiger partial charge in [-0.2, -0.15) is 0 Å². The van der Waals surface area contributed by atoms with E-state index in [2.05, 4.69) is 12.1 Å². The minimum absolute atomic E-state index is 0.769. The van der Waals surface area contributed by atoms with Crippen molar-refractivity contribution in [2.24, 2.45) is 5.73 Å². The normalized spacial score (nSPS) is 12.9. The first-order valence-corrected chi connectivity index (χ1v) is 7.99. The molecule has 1 heterocycles. The number of benzene rings is 1. The highest BCUT2D eigenvalue weighted by atomic mass is 32.1. The van der Waals surface area contributed by atoms with E-state index in [0.717, 1.165) is 44.4 Å². The molecule has 4 heteroatoms. The number of ether oxygens (including phenoxy) is 1. The Hall–Kier alpha value is -1.39. The summed E-state index contributed by atoms with van der Waals surface area (Å²) in [7, 11) is 1.71. The van der Waals surface area contributed by atoms with Crippen LogP contribution in [0, 0.1) is 0 Å². The third-order valence-electron chi connectivity index (χ3n) is 3.78. The molecule has 1 aromatic heterocycles. The van der Waals surface area contributed by atoms with Crippen molar-refractivity contribution in [3.8, 4) is 17.0 Å². The third kappa shape index (κ3) is 2.58. The maximum Gasteiger partial charge on any atom is 0.119 e. The monoisotopic (exact) mass is 288 g/mol. The van der Waals surface area contributed by atoms with E-state index in [9.17, 15) is 0 Å². The molecule has 1 aliphatic rings. The summed E-state index contributed by atoms with van der Waals surface area (Å²) in [6.45, 7) is 0.769. The van der Waals surface area contributed by atoms with Gasteiger partial charge in [0.25, 0.3) is 0 Å². The molecule has 0 aliphatic heterocycles. The zero-order valence-corrected chi connectivity index (χ0v) is 12.6. The summed E-state index contributed by atoms with van der Waals surface area (Å²) in [5, 5.41) is 1.25. The summed E-state index contributed by atoms with van der Waals surface area (Å²) in [5.41, 5.74) is 9.38. The van der Waals surface area contributed by atoms with Gasteiger partial charge >= 0.3 is 0 Å². The molecular formula is C16H20N2OS. The molecule has 0 radical (unpaired) electrons. The summed E-state index contributed by atoms with van der Waals surface area (Å²) in [6, 6.07) is 6.33. The molecule has 106 valence electrons. The van der Waals surface area contributed by atoms with E-state index in [1.165, 1.54) is 26.7 Å². The average Bonchev–Trinajstić information content (AvgIpc) is 2.90. The molecule has 0 bridgehead atoms. The maximum absolute atomic E-state index is 5.55. The Labute approximate surface area is 123 Å². The predicted octanol–water partition coefficient (Wildman–Crippen LogP) is 3.20. The van der Waals surface area contributed by atoms with Crippen LogP contribution in [0.15, 0.2) is 18.2 Å². The number of unbranched alkanes of at least 4 members (excludes halogenated alkanes) is 1. The Balaban J connectivity index is 1.90. The fourth-order valence-corrected chi connectivity index (χ4v) is 3.80. The van der Waals surface area contributed by atoms with Crippen molar-refractivity contribution in [1.82, 2.24) is 4.98 Å². The molecule has 2 aromatic rings. The quantitative estimate of drug-likeness (QED) is 0.860. The molecule has 20 heavy (non-hydrogen) atoms. The predicted molar refractivity (Wildman–Crippen MR) is 83.5 cm³/mol. The molecule has 1 aromatic carbocycles. The lowest BCUT2D eigenvalue weighted by atomic mass is 9.93. The first kappa shape index (κ1) is 13.6. The lowest BCUT2D eigenvalue weighted by Gasteiger charge is -2.15. The highest BCUT2D eigenvalue weighted by Gasteiger charge is 2.21. The summed E-state index contributed by atoms with van der Waals surface area (Å²) < 4.78 is 5.34. The Kier molecular flexibility index (Phi) is 4.03. The van der Waals surface area contributed by atoms with Crippen molar-refractivity contribution in [1.29, 1.82) is 0 Å². The molecule has 2 N–H and O–H groups in total. The number of nitrogens with two attached hydrogens (primary N) is 1. The number of hydrogen-bond donors (Lipinski definition) is 1. The molecule has 3 nitrogen and oxygen atoms in total. The van der Waals surface area contributed by atoms with Gasteiger partial charge in [0, 0.05) is 10.4 Å². The molecular weight excluding hydrogens is 268 g/mol. The van der Waals surface area contributed by atoms with E-state index in [4.69, 9.17) is 15.5 Å². The average molecular weight is 288 g/mol. The second-order valence-electron chi connectivity index (χ2n) is 5.15. The fourth-order valence-electron chi connectivity index (χ4n) is 2.68. The molecule has 1 aliphatic carbocycles. The number of aryl methyl sites for hydroxylation is 3. The zero-order valence-electron chi connectivity index (χ0n) is 11.8. The molecule has 0 unspecified atom stereocenters. The van der Waals surface area contributed by atoms with Crippen LogP contribution < -0.4 is 10.5 Å². The van der Waals surface area contributed by atoms with Crippen molar-refractivity contribution in [3.63, 3.8) is 0 Å². The van der Waals surface area contributed by atoms with Crippen molar-refractivity contribution >= 4 is 11.3 Å². The molecule has 0 saturated heterocycles. The van der Waals surface area contributed by atoms with Crippen LogP contribution in [0.5, 0.6) is 5.75 Å². The zero-order chi connectivity index (χ0) is 13.9. The molecule has 0 fully saturated rings. The van der Waals surface area contributed by atoms with Gasteiger partial charge in [-0.3, -0.25) is 0 Å². The number of rotatable bonds is 5. The maximum atomic E-state index is 5.55. The van der Waals surface area contributed by atoms with Crippen LogP contribution in [0.1, 0.15) is 28.3 Å². The summed E-state index contributed by atoms with van der Waals surface area (Å²) in [6.07, 6.45) is 5.48. The van der Waals surface area contributed by atoms with Crippen LogP contribution in [0.2, 0.25) is 0 Å². The van der Waals surface area contributed by atoms with Crippen LogP contribution in [0.4, 0.5) is 0 Å². The number of thiazole rings is 1. The van der Waals surface area contributed by atoms with Gasteiger partial charge in [0.2, 0.25) is 0 Å². The largest absolute Gasteiger partial charge is 0.497 e. The van der Waals surface area contributed by atoms with Gasteiger partial charge in [-0.05, 0) is 56.3 Å². The number of aromatic nitrogens is 1. The van der Waals surface area contributed by atoms with Crippen LogP contribution in [0.25, 0.3) is 11.3 Å². The van der Waals surface area contributed by atoms with Crippen molar-refractivity contribution in [3.05, 3.63) is 33.6 Å². The lowest BCUT2D eigenvalue weighted by Crippen LogP contribution is -2.02. The van der Waals surface area contributed by atoms with E-state index in [1.54, 1.807) is 7.11 Å². The lowest BCUT2D eigenvalue weighted by molar-refractivity contribution is 0.415. The number of nitrogens with zero attached hydrogens (tertiary/aromatic N) is 1. The van der Waals surface area contributed by atoms with Crippen molar-refractivity contribution in [2.45, 2.75) is 32.1 Å². The Morgan fingerprint density at radius 2 is 2.20 bits per heavy atom. The first-order chi connectivity index (χ1) is 9.81. The van der Waals surface area contributed by atoms with Crippen LogP contribution in [-0.4, -0.2) is 18.6 Å². The highest BCUT2D eigenvalue weighted by Crippen LogP contribution is 2.38. The highest BCUT2D eigenvalue weighted by molar-refractivity contribution is 7.12. The fraction of sp³-hybridized carbons (Fsp3) is 0.438. The number of fused-ring (bicyclic) bond motifs is 3. The second-order valence-corrected chi connectivity index (χ2v) is 6.32. The van der Waals surface area contributed by atoms with Crippen molar-refractivity contribution < 1.29 is 4.74 Å². The Morgan fingerprint density at radius 1 is 1.30 bits per heavy atom. The summed E-state index contributed by atoms with van der Waals surface area (Å²) in [5.74, 6) is 0.911. The van der Waals surface area contributed by atoms with E-state index >= 15 is 0 Å². The molecule has 0 atom stereocenters. The van der Waals surface area contributed by atoms with Gasteiger partial charge < -0.3 is 10.5 Å². The molecule has 0 spiro atoms. The van der Waals surface area contributed by atoms with Gasteiger partial charge in [-0.25, -0.2) is 4.98 Å². The standard InChI is InChI=1S/C16H20N2OS/c1-19-12-7-5-11-6-8-14-16(13(11)10-12)18-15(20-14)4-2-3-9-17/h5,7,10H,2-4,6,8-9,17H2,1H3. The van der Waals surface area contributed by atoms with Gasteiger partial charge in [-0.1, -0.05) is 6.07 Å². The van der Waals surface area contributed by atoms with Crippen LogP contribution in [-0.2, 0) is 19.3 Å². The molecule has 0 saturated carbocycles. The van der Waals surface area contributed by atoms with Crippen LogP contribution >= 0.6 is 11.3 Å². The minimum atomic E-state index is 0.769. The van der Waals surface area contributed by atoms with Gasteiger partial charge in [0.15, 0.2) is 0 Å². The third-order valence-corrected chi connectivity index (χ3v) is 4.95. The number of methoxy groups -OCH3 is 1. The Bertz CT molecular complexity index is 607. The summed E-state index contributed by atoms with van der Waals surface area (Å²) >= 11 is 1.87. The smallest absolute Gasteiger partial charge is 0.119 e. The summed E-state index contributed by atoms with van der Waals surface area (Å²) in [4.78, 5) is 6.29. The number of hydrogen-bond acceptors (Lipinski definition) is 4. The van der Waals surface area contributed by atoms with E-state index in [1.807, 2.05) is 17.4 Å². The minimum Gasteiger partial charge on any atom is -0.497 e. The van der Waals surface area contributed by atoms with Gasteiger partial charge in [0.1, 0.15) is 5.75 Å². The van der Waals surface area contributed by atoms with E-state index < -0.39 is 0 Å². The molecule has 0 amide bonds. The van der Waals surface area contributed by atoms with Crippen molar-refractivity contribution in [2.75, 3.05) is 13.7 Å². The molecule has 3 rings (SSSR count). The van der Waals surface area contributed by atoms with E-state index in [0.29, 0.717) is 0 Å². The van der Waals surface area contributed by atoms with E-state index in [-0.39, 0.29) is 0 Å².